The normalized spacial score (nSPS) is 14.8. The minimum atomic E-state index is -1.61. The molecule has 1 aliphatic heterocycles. The van der Waals surface area contributed by atoms with Crippen molar-refractivity contribution in [2.24, 2.45) is 0 Å². The van der Waals surface area contributed by atoms with Crippen LogP contribution in [0.5, 0.6) is 5.75 Å². The fraction of sp³-hybridized carbons (Fsp3) is 0.200. The van der Waals surface area contributed by atoms with Gasteiger partial charge in [0.2, 0.25) is 5.91 Å². The van der Waals surface area contributed by atoms with E-state index in [1.807, 2.05) is 66.7 Å². The summed E-state index contributed by atoms with van der Waals surface area (Å²) in [5.41, 5.74) is 4.75. The van der Waals surface area contributed by atoms with Gasteiger partial charge in [-0.15, -0.1) is 13.1 Å². The number of aromatic nitrogens is 3. The molecule has 0 spiro atoms. The first kappa shape index (κ1) is 33.4. The average molecular weight is 855 g/mol. The summed E-state index contributed by atoms with van der Waals surface area (Å²) in [5, 5.41) is 10.7. The van der Waals surface area contributed by atoms with Crippen LogP contribution >= 0.6 is 0 Å². The van der Waals surface area contributed by atoms with Crippen molar-refractivity contribution in [3.63, 3.8) is 0 Å². The Hall–Kier alpha value is -3.96. The smallest absolute Gasteiger partial charge is 0.487 e. The van der Waals surface area contributed by atoms with Gasteiger partial charge in [-0.05, 0) is 54.1 Å². The average Bonchev–Trinajstić information content (AvgIpc) is 3.71. The SMILES string of the molecule is [CH2-]CN(C[CH2-])c1ccc(-c2cc3c(-c4ccc(O[C@@H]5CCN(C(C)=O)C5)c(C#N)c4)ncnc3n2S(=O)c2ccccc2)cc1.[U+2]. The first-order valence-electron chi connectivity index (χ1n) is 14.7. The molecule has 0 saturated carbocycles. The quantitative estimate of drug-likeness (QED) is 0.176. The van der Waals surface area contributed by atoms with Crippen molar-refractivity contribution in [3.05, 3.63) is 105 Å². The minimum Gasteiger partial charge on any atom is -0.487 e. The molecule has 0 radical (unpaired) electrons. The van der Waals surface area contributed by atoms with Crippen molar-refractivity contribution in [2.45, 2.75) is 24.3 Å². The summed E-state index contributed by atoms with van der Waals surface area (Å²) in [6.07, 6.45) is 1.98. The summed E-state index contributed by atoms with van der Waals surface area (Å²) in [4.78, 5) is 25.4. The second kappa shape index (κ2) is 14.6. The Morgan fingerprint density at radius 2 is 1.76 bits per heavy atom. The molecule has 1 saturated heterocycles. The molecular formula is C35H32N6O3SU. The summed E-state index contributed by atoms with van der Waals surface area (Å²) in [6.45, 7) is 11.8. The molecule has 6 rings (SSSR count). The number of amides is 1. The van der Waals surface area contributed by atoms with Crippen molar-refractivity contribution in [1.29, 1.82) is 5.26 Å². The second-order valence-electron chi connectivity index (χ2n) is 10.7. The predicted molar refractivity (Wildman–Crippen MR) is 176 cm³/mol. The monoisotopic (exact) mass is 854 g/mol. The van der Waals surface area contributed by atoms with E-state index < -0.39 is 11.0 Å². The summed E-state index contributed by atoms with van der Waals surface area (Å²) in [7, 11) is -1.61. The standard InChI is InChI=1S/C35H32N6O3S.U/c1-4-39(5-2)28-14-11-25(12-15-28)32-20-31-34(37-23-38-35(31)41(32)45(43)30-9-7-6-8-10-30)26-13-16-33(27(19-26)21-36)44-29-17-18-40(22-29)24(3)42;/h6-16,19-20,23,29H,1-2,4-5,17-18,22H2,3H3;/q-2;+2/t29-,45?;/m1./s1. The maximum atomic E-state index is 14.1. The van der Waals surface area contributed by atoms with Crippen LogP contribution in [0.15, 0.2) is 90.1 Å². The van der Waals surface area contributed by atoms with Gasteiger partial charge in [0.05, 0.1) is 28.4 Å². The molecule has 46 heavy (non-hydrogen) atoms. The number of hydrogen-bond donors (Lipinski definition) is 0. The van der Waals surface area contributed by atoms with Gasteiger partial charge in [-0.3, -0.25) is 4.79 Å². The van der Waals surface area contributed by atoms with Crippen LogP contribution in [-0.2, 0) is 15.8 Å². The minimum absolute atomic E-state index is 0. The number of carbonyl (C=O) groups excluding carboxylic acids is 1. The van der Waals surface area contributed by atoms with Crippen molar-refractivity contribution < 1.29 is 44.9 Å². The number of rotatable bonds is 9. The van der Waals surface area contributed by atoms with Crippen molar-refractivity contribution in [1.82, 2.24) is 18.8 Å². The largest absolute Gasteiger partial charge is 2.00 e. The number of carbonyl (C=O) groups is 1. The molecule has 3 aromatic carbocycles. The van der Waals surface area contributed by atoms with Crippen LogP contribution in [0.3, 0.4) is 0 Å². The van der Waals surface area contributed by atoms with E-state index in [0.29, 0.717) is 76.8 Å². The number of nitrogens with zero attached hydrogens (tertiary/aromatic N) is 6. The molecule has 230 valence electrons. The number of fused-ring (bicyclic) bond motifs is 1. The molecule has 3 heterocycles. The summed E-state index contributed by atoms with van der Waals surface area (Å²) < 4.78 is 22.0. The zero-order valence-electron chi connectivity index (χ0n) is 25.4. The second-order valence-corrected chi connectivity index (χ2v) is 12.0. The zero-order chi connectivity index (χ0) is 31.5. The maximum absolute atomic E-state index is 14.1. The number of nitriles is 1. The van der Waals surface area contributed by atoms with Gasteiger partial charge >= 0.3 is 31.1 Å². The van der Waals surface area contributed by atoms with Crippen LogP contribution in [-0.4, -0.2) is 61.2 Å². The Kier molecular flexibility index (Phi) is 10.6. The molecule has 0 bridgehead atoms. The van der Waals surface area contributed by atoms with E-state index in [1.54, 1.807) is 27.9 Å². The first-order valence-corrected chi connectivity index (χ1v) is 15.8. The van der Waals surface area contributed by atoms with E-state index in [9.17, 15) is 14.3 Å². The van der Waals surface area contributed by atoms with E-state index in [4.69, 9.17) is 4.74 Å². The van der Waals surface area contributed by atoms with Gasteiger partial charge in [0.1, 0.15) is 24.3 Å². The zero-order valence-corrected chi connectivity index (χ0v) is 30.4. The Labute approximate surface area is 295 Å². The van der Waals surface area contributed by atoms with E-state index in [0.717, 1.165) is 11.3 Å². The van der Waals surface area contributed by atoms with Gasteiger partial charge in [0.25, 0.3) is 0 Å². The van der Waals surface area contributed by atoms with Gasteiger partial charge in [-0.2, -0.15) is 5.26 Å². The predicted octanol–water partition coefficient (Wildman–Crippen LogP) is 5.68. The topological polar surface area (TPSA) is 104 Å². The third kappa shape index (κ3) is 6.62. The van der Waals surface area contributed by atoms with Crippen LogP contribution in [0.25, 0.3) is 33.5 Å². The maximum Gasteiger partial charge on any atom is 2.00 e. The molecule has 1 amide bonds. The number of likely N-dealkylation sites (tertiary alicyclic amines) is 1. The Morgan fingerprint density at radius 1 is 1.04 bits per heavy atom. The van der Waals surface area contributed by atoms with Crippen molar-refractivity contribution in [2.75, 3.05) is 31.1 Å². The molecule has 1 fully saturated rings. The first-order chi connectivity index (χ1) is 21.9. The summed E-state index contributed by atoms with van der Waals surface area (Å²) >= 11 is 0. The van der Waals surface area contributed by atoms with Gasteiger partial charge < -0.3 is 28.4 Å². The molecule has 2 atom stereocenters. The molecule has 9 nitrogen and oxygen atoms in total. The Bertz CT molecular complexity index is 1920. The summed E-state index contributed by atoms with van der Waals surface area (Å²) in [6, 6.07) is 26.8. The molecule has 0 aliphatic carbocycles. The number of ether oxygens (including phenoxy) is 1. The molecule has 11 heteroatoms. The van der Waals surface area contributed by atoms with Crippen LogP contribution < -0.4 is 9.64 Å². The fourth-order valence-electron chi connectivity index (χ4n) is 5.60. The molecule has 1 aliphatic rings. The third-order valence-electron chi connectivity index (χ3n) is 7.99. The van der Waals surface area contributed by atoms with Gasteiger partial charge in [-0.25, -0.2) is 18.1 Å². The molecule has 0 N–H and O–H groups in total. The van der Waals surface area contributed by atoms with Crippen LogP contribution in [0, 0.1) is 56.3 Å². The number of benzene rings is 3. The van der Waals surface area contributed by atoms with E-state index >= 15 is 0 Å². The van der Waals surface area contributed by atoms with Gasteiger partial charge in [0.15, 0.2) is 16.6 Å². The molecule has 2 aromatic heterocycles. The Morgan fingerprint density at radius 3 is 2.41 bits per heavy atom. The number of hydrogen-bond acceptors (Lipinski definition) is 7. The van der Waals surface area contributed by atoms with Crippen LogP contribution in [0.1, 0.15) is 18.9 Å². The van der Waals surface area contributed by atoms with E-state index in [2.05, 4.69) is 34.8 Å². The van der Waals surface area contributed by atoms with Crippen LogP contribution in [0.2, 0.25) is 0 Å². The van der Waals surface area contributed by atoms with Gasteiger partial charge in [-0.1, -0.05) is 30.3 Å². The molecule has 1 unspecified atom stereocenters. The third-order valence-corrected chi connectivity index (χ3v) is 9.37. The Balaban J connectivity index is 0.00000417. The van der Waals surface area contributed by atoms with Crippen molar-refractivity contribution in [3.8, 4) is 34.3 Å². The fourth-order valence-corrected chi connectivity index (χ4v) is 6.84. The van der Waals surface area contributed by atoms with E-state index in [1.165, 1.54) is 6.33 Å². The molecule has 5 aromatic rings. The molecular weight excluding hydrogens is 823 g/mol. The van der Waals surface area contributed by atoms with Crippen LogP contribution in [0.4, 0.5) is 5.69 Å². The number of anilines is 1. The van der Waals surface area contributed by atoms with Gasteiger partial charge in [0, 0.05) is 36.5 Å². The van der Waals surface area contributed by atoms with Crippen molar-refractivity contribution >= 4 is 33.6 Å². The summed E-state index contributed by atoms with van der Waals surface area (Å²) in [5.74, 6) is 0.475. The van der Waals surface area contributed by atoms with E-state index in [-0.39, 0.29) is 43.1 Å².